The summed E-state index contributed by atoms with van der Waals surface area (Å²) >= 11 is 0. The van der Waals surface area contributed by atoms with E-state index >= 15 is 0 Å². The number of aryl methyl sites for hydroxylation is 1. The largest absolute Gasteiger partial charge is 0.378 e. The Morgan fingerprint density at radius 1 is 1.09 bits per heavy atom. The monoisotopic (exact) mass is 441 g/mol. The molecule has 1 aromatic heterocycles. The van der Waals surface area contributed by atoms with Crippen molar-refractivity contribution in [2.24, 2.45) is 5.73 Å². The van der Waals surface area contributed by atoms with Gasteiger partial charge in [-0.15, -0.1) is 0 Å². The fourth-order valence-electron chi connectivity index (χ4n) is 4.25. The lowest BCUT2D eigenvalue weighted by Crippen LogP contribution is -2.39. The number of aromatic nitrogens is 2. The molecule has 0 unspecified atom stereocenters. The van der Waals surface area contributed by atoms with Gasteiger partial charge in [0.15, 0.2) is 0 Å². The van der Waals surface area contributed by atoms with E-state index in [1.807, 2.05) is 13.8 Å². The molecule has 3 heterocycles. The number of halogens is 1. The highest BCUT2D eigenvalue weighted by Crippen LogP contribution is 2.30. The molecule has 170 valence electrons. The molecule has 0 bridgehead atoms. The Bertz CT molecular complexity index is 1030. The van der Waals surface area contributed by atoms with E-state index in [-0.39, 0.29) is 23.0 Å². The molecule has 2 N–H and O–H groups in total. The van der Waals surface area contributed by atoms with Gasteiger partial charge in [0.25, 0.3) is 5.91 Å². The highest BCUT2D eigenvalue weighted by atomic mass is 19.1. The second-order valence-corrected chi connectivity index (χ2v) is 8.34. The summed E-state index contributed by atoms with van der Waals surface area (Å²) in [5.74, 6) is 0.0615. The van der Waals surface area contributed by atoms with Crippen LogP contribution >= 0.6 is 0 Å². The van der Waals surface area contributed by atoms with Gasteiger partial charge in [-0.2, -0.15) is 0 Å². The average Bonchev–Trinajstić information content (AvgIpc) is 2.81. The van der Waals surface area contributed by atoms with Gasteiger partial charge in [0, 0.05) is 48.9 Å². The van der Waals surface area contributed by atoms with Gasteiger partial charge in [-0.05, 0) is 44.9 Å². The van der Waals surface area contributed by atoms with Gasteiger partial charge >= 0.3 is 0 Å². The number of hydrogen-bond donors (Lipinski definition) is 1. The van der Waals surface area contributed by atoms with Gasteiger partial charge in [-0.3, -0.25) is 9.59 Å². The molecule has 1 aromatic carbocycles. The molecule has 8 nitrogen and oxygen atoms in total. The van der Waals surface area contributed by atoms with E-state index in [1.165, 1.54) is 12.1 Å². The zero-order valence-electron chi connectivity index (χ0n) is 18.4. The number of nitrogens with zero attached hydrogens (tertiary/aromatic N) is 4. The molecule has 0 spiro atoms. The number of hydrogen-bond acceptors (Lipinski definition) is 6. The Kier molecular flexibility index (Phi) is 6.36. The van der Waals surface area contributed by atoms with Crippen molar-refractivity contribution in [3.63, 3.8) is 0 Å². The van der Waals surface area contributed by atoms with Crippen LogP contribution in [0.25, 0.3) is 0 Å². The number of carbonyl (C=O) groups excluding carboxylic acids is 2. The smallest absolute Gasteiger partial charge is 0.256 e. The van der Waals surface area contributed by atoms with Crippen LogP contribution in [0.5, 0.6) is 0 Å². The van der Waals surface area contributed by atoms with E-state index in [0.29, 0.717) is 39.1 Å². The number of primary amides is 1. The minimum absolute atomic E-state index is 0.0423. The van der Waals surface area contributed by atoms with Gasteiger partial charge < -0.3 is 20.3 Å². The van der Waals surface area contributed by atoms with Crippen LogP contribution in [0.4, 0.5) is 10.2 Å². The van der Waals surface area contributed by atoms with Gasteiger partial charge in [-0.25, -0.2) is 14.4 Å². The van der Waals surface area contributed by atoms with Crippen LogP contribution in [0.15, 0.2) is 18.2 Å². The zero-order chi connectivity index (χ0) is 22.8. The Balaban J connectivity index is 1.46. The average molecular weight is 442 g/mol. The third-order valence-electron chi connectivity index (χ3n) is 6.32. The topological polar surface area (TPSA) is 102 Å². The van der Waals surface area contributed by atoms with Crippen LogP contribution in [-0.4, -0.2) is 66.1 Å². The summed E-state index contributed by atoms with van der Waals surface area (Å²) in [6.45, 7) is 8.02. The number of benzene rings is 1. The van der Waals surface area contributed by atoms with Crippen molar-refractivity contribution >= 4 is 17.6 Å². The molecule has 2 aromatic rings. The molecule has 0 radical (unpaired) electrons. The maximum absolute atomic E-state index is 14.4. The van der Waals surface area contributed by atoms with E-state index in [2.05, 4.69) is 4.90 Å². The minimum atomic E-state index is -0.735. The first-order valence-electron chi connectivity index (χ1n) is 10.9. The molecule has 9 heteroatoms. The van der Waals surface area contributed by atoms with Gasteiger partial charge in [0.2, 0.25) is 5.91 Å². The number of rotatable bonds is 4. The molecule has 4 rings (SSSR count). The molecule has 32 heavy (non-hydrogen) atoms. The predicted octanol–water partition coefficient (Wildman–Crippen LogP) is 2.19. The highest BCUT2D eigenvalue weighted by molar-refractivity contribution is 5.97. The quantitative estimate of drug-likeness (QED) is 0.781. The SMILES string of the molecule is Cc1nc(C2CCN(C(=O)c3ccc(C(N)=O)cc3F)CC2)nc(N2CCOCC2)c1C. The Hall–Kier alpha value is -3.07. The first-order chi connectivity index (χ1) is 15.3. The maximum Gasteiger partial charge on any atom is 0.256 e. The van der Waals surface area contributed by atoms with E-state index in [1.54, 1.807) is 4.90 Å². The lowest BCUT2D eigenvalue weighted by molar-refractivity contribution is 0.0705. The summed E-state index contributed by atoms with van der Waals surface area (Å²) in [6, 6.07) is 3.71. The minimum Gasteiger partial charge on any atom is -0.378 e. The molecule has 2 saturated heterocycles. The standard InChI is InChI=1S/C23H28FN5O3/c1-14-15(2)26-21(27-22(14)28-9-11-32-12-10-28)16-5-7-29(8-6-16)23(31)18-4-3-17(20(25)30)13-19(18)24/h3-4,13,16H,5-12H2,1-2H3,(H2,25,30). The number of anilines is 1. The fraction of sp³-hybridized carbons (Fsp3) is 0.478. The number of carbonyl (C=O) groups is 2. The van der Waals surface area contributed by atoms with Crippen molar-refractivity contribution in [3.05, 3.63) is 52.2 Å². The highest BCUT2D eigenvalue weighted by Gasteiger charge is 2.29. The molecular formula is C23H28FN5O3. The van der Waals surface area contributed by atoms with E-state index < -0.39 is 11.7 Å². The van der Waals surface area contributed by atoms with Crippen LogP contribution in [0.3, 0.4) is 0 Å². The summed E-state index contributed by atoms with van der Waals surface area (Å²) in [4.78, 5) is 37.6. The van der Waals surface area contributed by atoms with E-state index in [0.717, 1.165) is 42.1 Å². The predicted molar refractivity (Wildman–Crippen MR) is 117 cm³/mol. The Labute approximate surface area is 186 Å². The normalized spacial score (nSPS) is 17.5. The van der Waals surface area contributed by atoms with E-state index in [9.17, 15) is 14.0 Å². The number of amides is 2. The number of piperidine rings is 1. The molecule has 0 atom stereocenters. The van der Waals surface area contributed by atoms with Crippen LogP contribution in [-0.2, 0) is 4.74 Å². The second-order valence-electron chi connectivity index (χ2n) is 8.34. The lowest BCUT2D eigenvalue weighted by Gasteiger charge is -2.33. The molecule has 2 fully saturated rings. The molecule has 0 aliphatic carbocycles. The number of nitrogens with two attached hydrogens (primary N) is 1. The summed E-state index contributed by atoms with van der Waals surface area (Å²) in [5.41, 5.74) is 7.22. The van der Waals surface area contributed by atoms with Crippen molar-refractivity contribution in [1.29, 1.82) is 0 Å². The molecule has 2 aliphatic heterocycles. The zero-order valence-corrected chi connectivity index (χ0v) is 18.4. The second kappa shape index (κ2) is 9.20. The molecule has 2 amide bonds. The van der Waals surface area contributed by atoms with Crippen LogP contribution < -0.4 is 10.6 Å². The van der Waals surface area contributed by atoms with Crippen molar-refractivity contribution in [2.75, 3.05) is 44.3 Å². The van der Waals surface area contributed by atoms with Gasteiger partial charge in [0.05, 0.1) is 18.8 Å². The molecular weight excluding hydrogens is 413 g/mol. The summed E-state index contributed by atoms with van der Waals surface area (Å²) in [6.07, 6.45) is 1.41. The summed E-state index contributed by atoms with van der Waals surface area (Å²) in [7, 11) is 0. The Morgan fingerprint density at radius 3 is 2.41 bits per heavy atom. The van der Waals surface area contributed by atoms with Crippen LogP contribution in [0, 0.1) is 19.7 Å². The lowest BCUT2D eigenvalue weighted by atomic mass is 9.95. The van der Waals surface area contributed by atoms with Crippen LogP contribution in [0.1, 0.15) is 56.6 Å². The summed E-state index contributed by atoms with van der Waals surface area (Å²) < 4.78 is 19.8. The third-order valence-corrected chi connectivity index (χ3v) is 6.32. The van der Waals surface area contributed by atoms with Crippen molar-refractivity contribution in [1.82, 2.24) is 14.9 Å². The third kappa shape index (κ3) is 4.43. The van der Waals surface area contributed by atoms with Gasteiger partial charge in [0.1, 0.15) is 17.5 Å². The number of likely N-dealkylation sites (tertiary alicyclic amines) is 1. The summed E-state index contributed by atoms with van der Waals surface area (Å²) in [5, 5.41) is 0. The van der Waals surface area contributed by atoms with Crippen LogP contribution in [0.2, 0.25) is 0 Å². The first kappa shape index (κ1) is 22.1. The molecule has 2 aliphatic rings. The van der Waals surface area contributed by atoms with E-state index in [4.69, 9.17) is 20.4 Å². The van der Waals surface area contributed by atoms with Crippen molar-refractivity contribution in [2.45, 2.75) is 32.6 Å². The van der Waals surface area contributed by atoms with Crippen molar-refractivity contribution in [3.8, 4) is 0 Å². The number of ether oxygens (including phenoxy) is 1. The van der Waals surface area contributed by atoms with Gasteiger partial charge in [-0.1, -0.05) is 0 Å². The number of morpholine rings is 1. The maximum atomic E-state index is 14.4. The molecule has 0 saturated carbocycles. The Morgan fingerprint density at radius 2 is 1.78 bits per heavy atom. The first-order valence-corrected chi connectivity index (χ1v) is 10.9. The fourth-order valence-corrected chi connectivity index (χ4v) is 4.25. The van der Waals surface area contributed by atoms with Crippen molar-refractivity contribution < 1.29 is 18.7 Å².